The van der Waals surface area contributed by atoms with Crippen LogP contribution >= 0.6 is 0 Å². The van der Waals surface area contributed by atoms with E-state index in [4.69, 9.17) is 4.74 Å². The second kappa shape index (κ2) is 8.06. The molecule has 5 rings (SSSR count). The van der Waals surface area contributed by atoms with E-state index >= 15 is 0 Å². The number of hydrogen-bond donors (Lipinski definition) is 0. The molecule has 1 saturated heterocycles. The van der Waals surface area contributed by atoms with E-state index in [-0.39, 0.29) is 5.91 Å². The third-order valence-corrected chi connectivity index (χ3v) is 5.50. The molecule has 4 aromatic rings. The summed E-state index contributed by atoms with van der Waals surface area (Å²) in [7, 11) is 1.64. The van der Waals surface area contributed by atoms with Gasteiger partial charge in [0.05, 0.1) is 7.11 Å². The van der Waals surface area contributed by atoms with E-state index in [1.54, 1.807) is 25.7 Å². The zero-order chi connectivity index (χ0) is 21.2. The maximum absolute atomic E-state index is 13.1. The fraction of sp³-hybridized carbons (Fsp3) is 0.217. The molecule has 1 aromatic carbocycles. The molecule has 0 saturated carbocycles. The van der Waals surface area contributed by atoms with Crippen LogP contribution in [0.4, 0.5) is 5.82 Å². The number of imidazole rings is 1. The average Bonchev–Trinajstić information content (AvgIpc) is 3.29. The molecule has 0 aliphatic carbocycles. The number of piperazine rings is 1. The standard InChI is InChI=1S/C23H22N6O2/c1-31-18-7-5-17(6-8-18)21-22-26-19(16-29(22)11-10-25-21)23(30)28-14-12-27(13-15-28)20-4-2-3-9-24-20/h2-11,16H,12-15H2,1H3. The number of aromatic nitrogens is 4. The SMILES string of the molecule is COc1ccc(-c2nccn3cc(C(=O)N4CCN(c5ccccn5)CC4)nc23)cc1. The van der Waals surface area contributed by atoms with Gasteiger partial charge in [-0.15, -0.1) is 0 Å². The van der Waals surface area contributed by atoms with Crippen LogP contribution in [0.2, 0.25) is 0 Å². The van der Waals surface area contributed by atoms with Crippen molar-refractivity contribution in [3.8, 4) is 17.0 Å². The van der Waals surface area contributed by atoms with E-state index in [0.29, 0.717) is 24.4 Å². The van der Waals surface area contributed by atoms with E-state index in [2.05, 4.69) is 19.9 Å². The van der Waals surface area contributed by atoms with Crippen molar-refractivity contribution < 1.29 is 9.53 Å². The van der Waals surface area contributed by atoms with Crippen LogP contribution in [0.3, 0.4) is 0 Å². The maximum atomic E-state index is 13.1. The molecule has 8 nitrogen and oxygen atoms in total. The number of amides is 1. The summed E-state index contributed by atoms with van der Waals surface area (Å²) in [5.74, 6) is 1.65. The molecule has 156 valence electrons. The van der Waals surface area contributed by atoms with Crippen LogP contribution in [0, 0.1) is 0 Å². The van der Waals surface area contributed by atoms with Gasteiger partial charge in [-0.3, -0.25) is 9.78 Å². The summed E-state index contributed by atoms with van der Waals surface area (Å²) < 4.78 is 7.08. The van der Waals surface area contributed by atoms with Crippen molar-refractivity contribution in [3.63, 3.8) is 0 Å². The molecular weight excluding hydrogens is 392 g/mol. The highest BCUT2D eigenvalue weighted by Crippen LogP contribution is 2.24. The zero-order valence-corrected chi connectivity index (χ0v) is 17.2. The number of fused-ring (bicyclic) bond motifs is 1. The Labute approximate surface area is 179 Å². The number of methoxy groups -OCH3 is 1. The second-order valence-electron chi connectivity index (χ2n) is 7.33. The third-order valence-electron chi connectivity index (χ3n) is 5.50. The van der Waals surface area contributed by atoms with E-state index in [1.807, 2.05) is 58.0 Å². The Kier molecular flexibility index (Phi) is 4.95. The fourth-order valence-corrected chi connectivity index (χ4v) is 3.82. The van der Waals surface area contributed by atoms with Gasteiger partial charge in [-0.05, 0) is 36.4 Å². The first-order chi connectivity index (χ1) is 15.2. The summed E-state index contributed by atoms with van der Waals surface area (Å²) in [6, 6.07) is 13.5. The predicted octanol–water partition coefficient (Wildman–Crippen LogP) is 2.76. The van der Waals surface area contributed by atoms with Crippen molar-refractivity contribution in [3.05, 3.63) is 72.9 Å². The lowest BCUT2D eigenvalue weighted by Gasteiger charge is -2.35. The number of hydrogen-bond acceptors (Lipinski definition) is 6. The minimum absolute atomic E-state index is 0.0648. The quantitative estimate of drug-likeness (QED) is 0.511. The minimum atomic E-state index is -0.0648. The van der Waals surface area contributed by atoms with Gasteiger partial charge in [0.1, 0.15) is 23.0 Å². The van der Waals surface area contributed by atoms with Crippen molar-refractivity contribution in [1.29, 1.82) is 0 Å². The highest BCUT2D eigenvalue weighted by atomic mass is 16.5. The van der Waals surface area contributed by atoms with Gasteiger partial charge < -0.3 is 18.9 Å². The molecule has 3 aromatic heterocycles. The molecule has 1 fully saturated rings. The number of nitrogens with zero attached hydrogens (tertiary/aromatic N) is 6. The molecule has 31 heavy (non-hydrogen) atoms. The molecule has 8 heteroatoms. The van der Waals surface area contributed by atoms with Crippen LogP contribution in [0.1, 0.15) is 10.5 Å². The van der Waals surface area contributed by atoms with E-state index < -0.39 is 0 Å². The largest absolute Gasteiger partial charge is 0.497 e. The summed E-state index contributed by atoms with van der Waals surface area (Å²) in [5.41, 5.74) is 2.72. The Bertz CT molecular complexity index is 1200. The third kappa shape index (κ3) is 3.68. The van der Waals surface area contributed by atoms with Gasteiger partial charge in [0.15, 0.2) is 5.65 Å². The van der Waals surface area contributed by atoms with Crippen molar-refractivity contribution in [1.82, 2.24) is 24.3 Å². The summed E-state index contributed by atoms with van der Waals surface area (Å²) in [6.07, 6.45) is 7.09. The van der Waals surface area contributed by atoms with Crippen LogP contribution in [0.5, 0.6) is 5.75 Å². The van der Waals surface area contributed by atoms with Gasteiger partial charge in [-0.2, -0.15) is 0 Å². The summed E-state index contributed by atoms with van der Waals surface area (Å²) >= 11 is 0. The van der Waals surface area contributed by atoms with Gasteiger partial charge in [-0.25, -0.2) is 9.97 Å². The first kappa shape index (κ1) is 19.0. The van der Waals surface area contributed by atoms with Crippen LogP contribution in [-0.2, 0) is 0 Å². The molecule has 0 radical (unpaired) electrons. The van der Waals surface area contributed by atoms with Gasteiger partial charge in [0.25, 0.3) is 5.91 Å². The molecular formula is C23H22N6O2. The number of anilines is 1. The minimum Gasteiger partial charge on any atom is -0.497 e. The molecule has 4 heterocycles. The van der Waals surface area contributed by atoms with Crippen molar-refractivity contribution in [2.45, 2.75) is 0 Å². The maximum Gasteiger partial charge on any atom is 0.274 e. The van der Waals surface area contributed by atoms with Crippen molar-refractivity contribution in [2.24, 2.45) is 0 Å². The number of rotatable bonds is 4. The molecule has 1 aliphatic rings. The van der Waals surface area contributed by atoms with E-state index in [0.717, 1.165) is 35.9 Å². The predicted molar refractivity (Wildman–Crippen MR) is 117 cm³/mol. The summed E-state index contributed by atoms with van der Waals surface area (Å²) in [4.78, 5) is 30.7. The Hall–Kier alpha value is -3.94. The topological polar surface area (TPSA) is 75.9 Å². The lowest BCUT2D eigenvalue weighted by Crippen LogP contribution is -2.49. The molecule has 0 bridgehead atoms. The number of benzene rings is 1. The Balaban J connectivity index is 1.36. The second-order valence-corrected chi connectivity index (χ2v) is 7.33. The smallest absolute Gasteiger partial charge is 0.274 e. The summed E-state index contributed by atoms with van der Waals surface area (Å²) in [6.45, 7) is 2.75. The number of carbonyl (C=O) groups is 1. The normalized spacial score (nSPS) is 14.1. The van der Waals surface area contributed by atoms with E-state index in [1.165, 1.54) is 0 Å². The average molecular weight is 414 g/mol. The monoisotopic (exact) mass is 414 g/mol. The highest BCUT2D eigenvalue weighted by Gasteiger charge is 2.25. The molecule has 0 N–H and O–H groups in total. The fourth-order valence-electron chi connectivity index (χ4n) is 3.82. The van der Waals surface area contributed by atoms with Crippen LogP contribution < -0.4 is 9.64 Å². The van der Waals surface area contributed by atoms with Gasteiger partial charge in [0, 0.05) is 56.5 Å². The van der Waals surface area contributed by atoms with Crippen LogP contribution in [0.15, 0.2) is 67.3 Å². The van der Waals surface area contributed by atoms with Crippen molar-refractivity contribution in [2.75, 3.05) is 38.2 Å². The zero-order valence-electron chi connectivity index (χ0n) is 17.2. The highest BCUT2D eigenvalue weighted by molar-refractivity contribution is 5.94. The van der Waals surface area contributed by atoms with E-state index in [9.17, 15) is 4.79 Å². The lowest BCUT2D eigenvalue weighted by atomic mass is 10.1. The lowest BCUT2D eigenvalue weighted by molar-refractivity contribution is 0.0741. The van der Waals surface area contributed by atoms with Gasteiger partial charge >= 0.3 is 0 Å². The van der Waals surface area contributed by atoms with Gasteiger partial charge in [0.2, 0.25) is 0 Å². The number of carbonyl (C=O) groups excluding carboxylic acids is 1. The van der Waals surface area contributed by atoms with Crippen molar-refractivity contribution >= 4 is 17.4 Å². The van der Waals surface area contributed by atoms with Crippen LogP contribution in [0.25, 0.3) is 16.9 Å². The number of pyridine rings is 1. The van der Waals surface area contributed by atoms with Crippen LogP contribution in [-0.4, -0.2) is 63.4 Å². The number of ether oxygens (including phenoxy) is 1. The Morgan fingerprint density at radius 2 is 1.77 bits per heavy atom. The summed E-state index contributed by atoms with van der Waals surface area (Å²) in [5, 5.41) is 0. The molecule has 1 aliphatic heterocycles. The Morgan fingerprint density at radius 1 is 0.968 bits per heavy atom. The molecule has 0 atom stereocenters. The first-order valence-corrected chi connectivity index (χ1v) is 10.2. The van der Waals surface area contributed by atoms with Gasteiger partial charge in [-0.1, -0.05) is 6.07 Å². The first-order valence-electron chi connectivity index (χ1n) is 10.2. The molecule has 0 spiro atoms. The Morgan fingerprint density at radius 3 is 2.48 bits per heavy atom. The molecule has 0 unspecified atom stereocenters. The molecule has 1 amide bonds.